The second-order valence-electron chi connectivity index (χ2n) is 4.70. The van der Waals surface area contributed by atoms with Gasteiger partial charge in [-0.25, -0.2) is 4.68 Å². The predicted octanol–water partition coefficient (Wildman–Crippen LogP) is 1.19. The van der Waals surface area contributed by atoms with E-state index >= 15 is 0 Å². The number of nitrogens with two attached hydrogens (primary N) is 1. The Balaban J connectivity index is 2.15. The lowest BCUT2D eigenvalue weighted by atomic mass is 10.3. The largest absolute Gasteiger partial charge is 0.463 e. The van der Waals surface area contributed by atoms with Crippen molar-refractivity contribution in [2.24, 2.45) is 5.73 Å². The zero-order valence-electron chi connectivity index (χ0n) is 11.9. The zero-order chi connectivity index (χ0) is 14.5. The van der Waals surface area contributed by atoms with Gasteiger partial charge in [-0.05, 0) is 18.6 Å². The summed E-state index contributed by atoms with van der Waals surface area (Å²) in [5.74, 6) is 1.38. The molecule has 2 aromatic heterocycles. The Hall–Kier alpha value is -2.08. The Bertz CT molecular complexity index is 618. The van der Waals surface area contributed by atoms with Crippen LogP contribution in [0, 0.1) is 0 Å². The van der Waals surface area contributed by atoms with Crippen molar-refractivity contribution < 1.29 is 4.42 Å². The fourth-order valence-electron chi connectivity index (χ4n) is 1.98. The number of hydrogen-bond acceptors (Lipinski definition) is 5. The molecule has 0 bridgehead atoms. The summed E-state index contributed by atoms with van der Waals surface area (Å²) in [5, 5.41) is 4.18. The summed E-state index contributed by atoms with van der Waals surface area (Å²) in [4.78, 5) is 14.0. The molecule has 6 nitrogen and oxygen atoms in total. The summed E-state index contributed by atoms with van der Waals surface area (Å²) >= 11 is 0. The first-order valence-electron chi connectivity index (χ1n) is 6.70. The maximum atomic E-state index is 12.0. The average Bonchev–Trinajstić information content (AvgIpc) is 2.89. The molecule has 0 aliphatic carbocycles. The highest BCUT2D eigenvalue weighted by atomic mass is 16.3. The van der Waals surface area contributed by atoms with E-state index in [1.54, 1.807) is 12.3 Å². The Morgan fingerprint density at radius 2 is 2.15 bits per heavy atom. The van der Waals surface area contributed by atoms with Crippen LogP contribution in [0.4, 0.5) is 5.69 Å². The molecule has 2 N–H and O–H groups in total. The molecule has 0 aliphatic heterocycles. The molecule has 0 amide bonds. The van der Waals surface area contributed by atoms with Gasteiger partial charge in [-0.3, -0.25) is 4.79 Å². The third-order valence-electron chi connectivity index (χ3n) is 3.08. The van der Waals surface area contributed by atoms with Gasteiger partial charge in [0.25, 0.3) is 5.56 Å². The number of furan rings is 1. The van der Waals surface area contributed by atoms with E-state index in [2.05, 4.69) is 12.0 Å². The van der Waals surface area contributed by atoms with Crippen molar-refractivity contribution >= 4 is 5.69 Å². The minimum atomic E-state index is -0.142. The summed E-state index contributed by atoms with van der Waals surface area (Å²) in [6.07, 6.45) is 2.72. The molecular weight excluding hydrogens is 256 g/mol. The number of rotatable bonds is 6. The third kappa shape index (κ3) is 3.27. The smallest absolute Gasteiger partial charge is 0.269 e. The number of anilines is 1. The van der Waals surface area contributed by atoms with Gasteiger partial charge >= 0.3 is 0 Å². The molecule has 0 saturated heterocycles. The maximum absolute atomic E-state index is 12.0. The van der Waals surface area contributed by atoms with Crippen LogP contribution in [0.3, 0.4) is 0 Å². The van der Waals surface area contributed by atoms with Crippen LogP contribution in [0.5, 0.6) is 0 Å². The monoisotopic (exact) mass is 276 g/mol. The van der Waals surface area contributed by atoms with Gasteiger partial charge in [0.05, 0.1) is 18.4 Å². The molecule has 0 fully saturated rings. The SMILES string of the molecule is CCCN(C)c1cnn(Cc2ccc(CN)o2)c(=O)c1. The quantitative estimate of drug-likeness (QED) is 0.857. The molecule has 2 aromatic rings. The molecule has 108 valence electrons. The number of nitrogens with zero attached hydrogens (tertiary/aromatic N) is 3. The van der Waals surface area contributed by atoms with Crippen LogP contribution < -0.4 is 16.2 Å². The molecule has 0 unspecified atom stereocenters. The lowest BCUT2D eigenvalue weighted by Crippen LogP contribution is -2.26. The fourth-order valence-corrected chi connectivity index (χ4v) is 1.98. The van der Waals surface area contributed by atoms with Crippen LogP contribution >= 0.6 is 0 Å². The van der Waals surface area contributed by atoms with Gasteiger partial charge in [-0.1, -0.05) is 6.92 Å². The molecule has 2 rings (SSSR count). The normalized spacial score (nSPS) is 10.8. The average molecular weight is 276 g/mol. The lowest BCUT2D eigenvalue weighted by molar-refractivity contribution is 0.440. The van der Waals surface area contributed by atoms with Gasteiger partial charge in [0, 0.05) is 19.7 Å². The maximum Gasteiger partial charge on any atom is 0.269 e. The highest BCUT2D eigenvalue weighted by molar-refractivity contribution is 5.41. The highest BCUT2D eigenvalue weighted by Crippen LogP contribution is 2.10. The molecular formula is C14H20N4O2. The molecule has 0 aliphatic rings. The molecule has 2 heterocycles. The van der Waals surface area contributed by atoms with Crippen molar-refractivity contribution in [3.8, 4) is 0 Å². The van der Waals surface area contributed by atoms with Gasteiger partial charge in [0.2, 0.25) is 0 Å². The van der Waals surface area contributed by atoms with E-state index < -0.39 is 0 Å². The molecule has 6 heteroatoms. The van der Waals surface area contributed by atoms with Gasteiger partial charge in [-0.2, -0.15) is 5.10 Å². The van der Waals surface area contributed by atoms with E-state index in [0.29, 0.717) is 24.6 Å². The van der Waals surface area contributed by atoms with Crippen LogP contribution in [-0.4, -0.2) is 23.4 Å². The lowest BCUT2D eigenvalue weighted by Gasteiger charge is -2.17. The summed E-state index contributed by atoms with van der Waals surface area (Å²) in [7, 11) is 1.95. The van der Waals surface area contributed by atoms with Crippen LogP contribution in [0.2, 0.25) is 0 Å². The standard InChI is InChI=1S/C14H20N4O2/c1-3-6-17(2)11-7-14(19)18(16-9-11)10-13-5-4-12(8-15)20-13/h4-5,7,9H,3,6,8,10,15H2,1-2H3. The van der Waals surface area contributed by atoms with E-state index in [4.69, 9.17) is 10.2 Å². The highest BCUT2D eigenvalue weighted by Gasteiger charge is 2.07. The second-order valence-corrected chi connectivity index (χ2v) is 4.70. The third-order valence-corrected chi connectivity index (χ3v) is 3.08. The van der Waals surface area contributed by atoms with Gasteiger partial charge in [0.1, 0.15) is 18.1 Å². The Labute approximate surface area is 117 Å². The molecule has 0 radical (unpaired) electrons. The summed E-state index contributed by atoms with van der Waals surface area (Å²) in [6, 6.07) is 5.21. The number of aromatic nitrogens is 2. The Morgan fingerprint density at radius 1 is 1.40 bits per heavy atom. The first-order valence-corrected chi connectivity index (χ1v) is 6.70. The first kappa shape index (κ1) is 14.3. The topological polar surface area (TPSA) is 77.3 Å². The van der Waals surface area contributed by atoms with Crippen molar-refractivity contribution in [1.29, 1.82) is 0 Å². The van der Waals surface area contributed by atoms with Crippen LogP contribution in [0.15, 0.2) is 33.6 Å². The zero-order valence-corrected chi connectivity index (χ0v) is 11.9. The van der Waals surface area contributed by atoms with Crippen molar-refractivity contribution in [3.05, 3.63) is 46.3 Å². The van der Waals surface area contributed by atoms with Crippen molar-refractivity contribution in [1.82, 2.24) is 9.78 Å². The van der Waals surface area contributed by atoms with Gasteiger partial charge in [0.15, 0.2) is 0 Å². The van der Waals surface area contributed by atoms with E-state index in [1.165, 1.54) is 4.68 Å². The van der Waals surface area contributed by atoms with Crippen molar-refractivity contribution in [3.63, 3.8) is 0 Å². The van der Waals surface area contributed by atoms with Gasteiger partial charge in [-0.15, -0.1) is 0 Å². The van der Waals surface area contributed by atoms with E-state index in [9.17, 15) is 4.79 Å². The Kier molecular flexibility index (Phi) is 4.57. The molecule has 20 heavy (non-hydrogen) atoms. The summed E-state index contributed by atoms with van der Waals surface area (Å²) in [6.45, 7) is 3.65. The van der Waals surface area contributed by atoms with Crippen LogP contribution in [0.25, 0.3) is 0 Å². The molecule has 0 aromatic carbocycles. The fraction of sp³-hybridized carbons (Fsp3) is 0.429. The second kappa shape index (κ2) is 6.38. The minimum absolute atomic E-state index is 0.142. The van der Waals surface area contributed by atoms with E-state index in [0.717, 1.165) is 18.7 Å². The van der Waals surface area contributed by atoms with Crippen molar-refractivity contribution in [2.75, 3.05) is 18.5 Å². The first-order chi connectivity index (χ1) is 9.63. The van der Waals surface area contributed by atoms with E-state index in [1.807, 2.05) is 24.1 Å². The summed E-state index contributed by atoms with van der Waals surface area (Å²) in [5.41, 5.74) is 6.17. The van der Waals surface area contributed by atoms with Crippen molar-refractivity contribution in [2.45, 2.75) is 26.4 Å². The number of hydrogen-bond donors (Lipinski definition) is 1. The minimum Gasteiger partial charge on any atom is -0.463 e. The molecule has 0 saturated carbocycles. The summed E-state index contributed by atoms with van der Waals surface area (Å²) < 4.78 is 6.85. The predicted molar refractivity (Wildman–Crippen MR) is 77.8 cm³/mol. The van der Waals surface area contributed by atoms with E-state index in [-0.39, 0.29) is 5.56 Å². The van der Waals surface area contributed by atoms with Gasteiger partial charge < -0.3 is 15.1 Å². The van der Waals surface area contributed by atoms with Crippen LogP contribution in [-0.2, 0) is 13.1 Å². The van der Waals surface area contributed by atoms with Crippen LogP contribution in [0.1, 0.15) is 24.9 Å². The molecule has 0 spiro atoms. The molecule has 0 atom stereocenters. The Morgan fingerprint density at radius 3 is 2.75 bits per heavy atom.